The summed E-state index contributed by atoms with van der Waals surface area (Å²) in [4.78, 5) is 14.2. The number of aromatic nitrogens is 3. The molecule has 0 aromatic carbocycles. The molecule has 0 radical (unpaired) electrons. The quantitative estimate of drug-likeness (QED) is 0.406. The van der Waals surface area contributed by atoms with Crippen molar-refractivity contribution in [1.29, 1.82) is 5.26 Å². The van der Waals surface area contributed by atoms with Gasteiger partial charge in [0.2, 0.25) is 5.91 Å². The number of hydrogen-bond donors (Lipinski definition) is 1. The van der Waals surface area contributed by atoms with Gasteiger partial charge in [-0.15, -0.1) is 21.5 Å². The molecular weight excluding hydrogens is 430 g/mol. The number of fused-ring (bicyclic) bond motifs is 1. The number of furan rings is 1. The highest BCUT2D eigenvalue weighted by Gasteiger charge is 2.25. The first-order chi connectivity index (χ1) is 15.0. The third kappa shape index (κ3) is 4.27. The third-order valence-corrected chi connectivity index (χ3v) is 7.84. The van der Waals surface area contributed by atoms with Gasteiger partial charge < -0.3 is 14.3 Å². The first kappa shape index (κ1) is 21.7. The molecule has 3 aromatic rings. The van der Waals surface area contributed by atoms with Crippen molar-refractivity contribution in [2.75, 3.05) is 5.32 Å². The van der Waals surface area contributed by atoms with Gasteiger partial charge in [-0.2, -0.15) is 5.26 Å². The van der Waals surface area contributed by atoms with Gasteiger partial charge in [0.1, 0.15) is 16.8 Å². The molecule has 9 heteroatoms. The van der Waals surface area contributed by atoms with Gasteiger partial charge in [0.05, 0.1) is 22.6 Å². The molecule has 1 N–H and O–H groups in total. The smallest absolute Gasteiger partial charge is 0.238 e. The van der Waals surface area contributed by atoms with Crippen molar-refractivity contribution in [3.05, 3.63) is 34.1 Å². The predicted molar refractivity (Wildman–Crippen MR) is 122 cm³/mol. The average molecular weight is 456 g/mol. The molecule has 162 valence electrons. The van der Waals surface area contributed by atoms with E-state index < -0.39 is 0 Å². The first-order valence-corrected chi connectivity index (χ1v) is 12.2. The van der Waals surface area contributed by atoms with Crippen molar-refractivity contribution in [2.24, 2.45) is 0 Å². The van der Waals surface area contributed by atoms with Gasteiger partial charge in [0.15, 0.2) is 11.0 Å². The second kappa shape index (κ2) is 9.28. The average Bonchev–Trinajstić information content (AvgIpc) is 3.39. The van der Waals surface area contributed by atoms with Crippen LogP contribution in [-0.4, -0.2) is 25.9 Å². The maximum absolute atomic E-state index is 12.9. The molecule has 7 nitrogen and oxygen atoms in total. The molecule has 0 saturated heterocycles. The topological polar surface area (TPSA) is 96.7 Å². The van der Waals surface area contributed by atoms with E-state index >= 15 is 0 Å². The van der Waals surface area contributed by atoms with Crippen LogP contribution in [0, 0.1) is 18.3 Å². The molecule has 31 heavy (non-hydrogen) atoms. The molecule has 3 aromatic heterocycles. The van der Waals surface area contributed by atoms with Gasteiger partial charge in [0.25, 0.3) is 0 Å². The maximum atomic E-state index is 12.9. The highest BCUT2D eigenvalue weighted by molar-refractivity contribution is 8.00. The van der Waals surface area contributed by atoms with Crippen LogP contribution in [0.4, 0.5) is 5.00 Å². The van der Waals surface area contributed by atoms with Crippen molar-refractivity contribution < 1.29 is 9.21 Å². The van der Waals surface area contributed by atoms with Crippen molar-refractivity contribution in [3.63, 3.8) is 0 Å². The molecule has 1 aliphatic carbocycles. The molecule has 4 rings (SSSR count). The summed E-state index contributed by atoms with van der Waals surface area (Å²) < 4.78 is 7.39. The van der Waals surface area contributed by atoms with E-state index in [1.165, 1.54) is 23.1 Å². The normalized spacial score (nSPS) is 14.5. The fourth-order valence-corrected chi connectivity index (χ4v) is 6.01. The number of thiophene rings is 1. The summed E-state index contributed by atoms with van der Waals surface area (Å²) in [6.45, 7) is 6.44. The minimum Gasteiger partial charge on any atom is -0.469 e. The second-order valence-corrected chi connectivity index (χ2v) is 9.98. The summed E-state index contributed by atoms with van der Waals surface area (Å²) in [6.07, 6.45) is 6.99. The molecule has 3 heterocycles. The van der Waals surface area contributed by atoms with Gasteiger partial charge in [0, 0.05) is 11.4 Å². The minimum absolute atomic E-state index is 0.135. The van der Waals surface area contributed by atoms with Crippen LogP contribution >= 0.6 is 23.1 Å². The largest absolute Gasteiger partial charge is 0.469 e. The first-order valence-electron chi connectivity index (χ1n) is 10.5. The monoisotopic (exact) mass is 455 g/mol. The Morgan fingerprint density at radius 2 is 2.19 bits per heavy atom. The third-order valence-electron chi connectivity index (χ3n) is 5.55. The Morgan fingerprint density at radius 1 is 1.39 bits per heavy atom. The number of thioether (sulfide) groups is 1. The summed E-state index contributed by atoms with van der Waals surface area (Å²) in [7, 11) is 0. The minimum atomic E-state index is -0.388. The van der Waals surface area contributed by atoms with E-state index in [-0.39, 0.29) is 11.2 Å². The van der Waals surface area contributed by atoms with Gasteiger partial charge in [-0.05, 0) is 58.1 Å². The van der Waals surface area contributed by atoms with Crippen LogP contribution in [0.25, 0.3) is 11.4 Å². The summed E-state index contributed by atoms with van der Waals surface area (Å²) in [6, 6.07) is 4.20. The number of rotatable bonds is 6. The second-order valence-electron chi connectivity index (χ2n) is 7.57. The Bertz CT molecular complexity index is 1140. The lowest BCUT2D eigenvalue weighted by Crippen LogP contribution is -2.23. The Hall–Kier alpha value is -2.57. The Morgan fingerprint density at radius 3 is 2.90 bits per heavy atom. The van der Waals surface area contributed by atoms with Crippen LogP contribution in [0.1, 0.15) is 54.9 Å². The zero-order valence-electron chi connectivity index (χ0n) is 17.9. The molecular formula is C22H25N5O2S2. The molecule has 1 aliphatic rings. The van der Waals surface area contributed by atoms with E-state index in [4.69, 9.17) is 4.42 Å². The van der Waals surface area contributed by atoms with Crippen LogP contribution in [0.2, 0.25) is 0 Å². The van der Waals surface area contributed by atoms with E-state index in [1.54, 1.807) is 17.6 Å². The molecule has 1 atom stereocenters. The zero-order valence-corrected chi connectivity index (χ0v) is 19.5. The summed E-state index contributed by atoms with van der Waals surface area (Å²) in [5.41, 5.74) is 2.67. The lowest BCUT2D eigenvalue weighted by atomic mass is 10.1. The lowest BCUT2D eigenvalue weighted by Gasteiger charge is -2.12. The van der Waals surface area contributed by atoms with Crippen molar-refractivity contribution in [1.82, 2.24) is 14.8 Å². The number of hydrogen-bond acceptors (Lipinski definition) is 7. The van der Waals surface area contributed by atoms with Crippen LogP contribution < -0.4 is 5.32 Å². The van der Waals surface area contributed by atoms with Crippen LogP contribution in [0.5, 0.6) is 0 Å². The number of nitriles is 1. The molecule has 0 spiro atoms. The number of carbonyl (C=O) groups is 1. The Kier molecular flexibility index (Phi) is 6.49. The van der Waals surface area contributed by atoms with Crippen LogP contribution in [0.3, 0.4) is 0 Å². The van der Waals surface area contributed by atoms with E-state index in [0.717, 1.165) is 48.4 Å². The molecule has 1 amide bonds. The standard InChI is InChI=1S/C22H25N5O2S2/c1-4-27-19(15-10-11-29-13(15)2)25-26-22(27)30-14(3)20(28)24-21-17(12-23)16-8-6-5-7-9-18(16)31-21/h10-11,14H,4-9H2,1-3H3,(H,24,28)/t14-/m0/s1. The highest BCUT2D eigenvalue weighted by Crippen LogP contribution is 2.37. The van der Waals surface area contributed by atoms with Crippen molar-refractivity contribution in [2.45, 2.75) is 69.8 Å². The van der Waals surface area contributed by atoms with Crippen LogP contribution in [-0.2, 0) is 24.2 Å². The number of carbonyl (C=O) groups excluding carboxylic acids is 1. The summed E-state index contributed by atoms with van der Waals surface area (Å²) in [5.74, 6) is 1.38. The molecule has 0 saturated carbocycles. The fourth-order valence-electron chi connectivity index (χ4n) is 3.85. The van der Waals surface area contributed by atoms with E-state index in [9.17, 15) is 10.1 Å². The molecule has 0 aliphatic heterocycles. The summed E-state index contributed by atoms with van der Waals surface area (Å²) >= 11 is 2.92. The SMILES string of the molecule is CCn1c(S[C@@H](C)C(=O)Nc2sc3c(c2C#N)CCCCC3)nnc1-c1ccoc1C. The van der Waals surface area contributed by atoms with Gasteiger partial charge in [-0.1, -0.05) is 18.2 Å². The zero-order chi connectivity index (χ0) is 22.0. The van der Waals surface area contributed by atoms with Gasteiger partial charge >= 0.3 is 0 Å². The highest BCUT2D eigenvalue weighted by atomic mass is 32.2. The number of amides is 1. The summed E-state index contributed by atoms with van der Waals surface area (Å²) in [5, 5.41) is 22.3. The lowest BCUT2D eigenvalue weighted by molar-refractivity contribution is -0.115. The van der Waals surface area contributed by atoms with Gasteiger partial charge in [-0.3, -0.25) is 4.79 Å². The Labute approximate surface area is 189 Å². The molecule has 0 unspecified atom stereocenters. The van der Waals surface area contributed by atoms with E-state index in [0.29, 0.717) is 22.3 Å². The molecule has 0 bridgehead atoms. The maximum Gasteiger partial charge on any atom is 0.238 e. The van der Waals surface area contributed by atoms with E-state index in [1.807, 2.05) is 31.4 Å². The molecule has 0 fully saturated rings. The Balaban J connectivity index is 1.51. The van der Waals surface area contributed by atoms with Crippen molar-refractivity contribution in [3.8, 4) is 17.5 Å². The predicted octanol–water partition coefficient (Wildman–Crippen LogP) is 5.19. The van der Waals surface area contributed by atoms with Crippen LogP contribution in [0.15, 0.2) is 21.9 Å². The number of nitrogens with one attached hydrogen (secondary N) is 1. The number of anilines is 1. The fraction of sp³-hybridized carbons (Fsp3) is 0.455. The van der Waals surface area contributed by atoms with Crippen molar-refractivity contribution >= 4 is 34.0 Å². The van der Waals surface area contributed by atoms with E-state index in [2.05, 4.69) is 21.6 Å². The number of nitrogens with zero attached hydrogens (tertiary/aromatic N) is 4. The van der Waals surface area contributed by atoms with Gasteiger partial charge in [-0.25, -0.2) is 0 Å². The number of aryl methyl sites for hydroxylation is 2.